The van der Waals surface area contributed by atoms with E-state index in [4.69, 9.17) is 15.2 Å². The maximum Gasteiger partial charge on any atom is 0.162 e. The molecule has 4 heterocycles. The molecule has 0 aromatic heterocycles. The van der Waals surface area contributed by atoms with E-state index in [9.17, 15) is 35.7 Å². The SMILES string of the molecule is NC1=C2N=CN([C@@H]3O[C@H](CO)[C@@H](O)[C@H]3O)C2N(C2O[C@H](CO)[C@@H](O)[C@H](O)[C@H]2O)C=N1. The van der Waals surface area contributed by atoms with E-state index >= 15 is 0 Å². The maximum atomic E-state index is 10.5. The molecular weight excluding hydrogens is 406 g/mol. The van der Waals surface area contributed by atoms with E-state index in [0.717, 1.165) is 0 Å². The van der Waals surface area contributed by atoms with E-state index in [1.54, 1.807) is 0 Å². The van der Waals surface area contributed by atoms with Gasteiger partial charge in [0.25, 0.3) is 0 Å². The highest BCUT2D eigenvalue weighted by Crippen LogP contribution is 2.35. The Bertz CT molecular complexity index is 749. The number of aliphatic hydroxyl groups is 7. The van der Waals surface area contributed by atoms with Crippen LogP contribution >= 0.6 is 0 Å². The highest BCUT2D eigenvalue weighted by molar-refractivity contribution is 5.69. The quantitative estimate of drug-likeness (QED) is 0.209. The Morgan fingerprint density at radius 1 is 0.767 bits per heavy atom. The third-order valence-corrected chi connectivity index (χ3v) is 5.70. The standard InChI is InChI=1S/C16H25N5O9/c17-13-7-14(20(3-18-7)15-11(27)9(25)6(2-23)30-15)21(4-19-13)16-12(28)10(26)8(24)5(1-22)29-16/h3-6,8-12,14-16,22-28H,1-2,17H2/t5-,6-,8-,9-,10+,11-,12-,14?,15-,16?/m1/s1. The summed E-state index contributed by atoms with van der Waals surface area (Å²) in [6.07, 6.45) is -10.5. The lowest BCUT2D eigenvalue weighted by atomic mass is 9.97. The largest absolute Gasteiger partial charge is 0.394 e. The lowest BCUT2D eigenvalue weighted by Crippen LogP contribution is -2.67. The van der Waals surface area contributed by atoms with Gasteiger partial charge in [0.15, 0.2) is 24.4 Å². The summed E-state index contributed by atoms with van der Waals surface area (Å²) in [5.74, 6) is 0.0475. The van der Waals surface area contributed by atoms with Crippen LogP contribution in [0.4, 0.5) is 0 Å². The molecule has 0 bridgehead atoms. The number of hydrogen-bond donors (Lipinski definition) is 8. The van der Waals surface area contributed by atoms with Gasteiger partial charge >= 0.3 is 0 Å². The zero-order valence-corrected chi connectivity index (χ0v) is 15.7. The van der Waals surface area contributed by atoms with Gasteiger partial charge in [-0.1, -0.05) is 0 Å². The van der Waals surface area contributed by atoms with Crippen molar-refractivity contribution in [3.63, 3.8) is 0 Å². The molecule has 10 atom stereocenters. The van der Waals surface area contributed by atoms with Crippen molar-refractivity contribution < 1.29 is 45.2 Å². The summed E-state index contributed by atoms with van der Waals surface area (Å²) in [6, 6.07) is 0. The van der Waals surface area contributed by atoms with E-state index in [0.29, 0.717) is 0 Å². The average Bonchev–Trinajstić information content (AvgIpc) is 3.30. The summed E-state index contributed by atoms with van der Waals surface area (Å²) in [6.45, 7) is -1.13. The number of hydrogen-bond acceptors (Lipinski definition) is 14. The predicted molar refractivity (Wildman–Crippen MR) is 97.2 cm³/mol. The molecule has 2 saturated heterocycles. The van der Waals surface area contributed by atoms with E-state index in [-0.39, 0.29) is 11.5 Å². The first-order valence-corrected chi connectivity index (χ1v) is 9.36. The number of fused-ring (bicyclic) bond motifs is 1. The van der Waals surface area contributed by atoms with Gasteiger partial charge in [-0.05, 0) is 0 Å². The molecular formula is C16H25N5O9. The Labute approximate surface area is 170 Å². The van der Waals surface area contributed by atoms with Gasteiger partial charge < -0.3 is 60.8 Å². The molecule has 4 aliphatic rings. The van der Waals surface area contributed by atoms with Crippen molar-refractivity contribution in [3.05, 3.63) is 11.5 Å². The topological polar surface area (TPSA) is 217 Å². The lowest BCUT2D eigenvalue weighted by molar-refractivity contribution is -0.262. The summed E-state index contributed by atoms with van der Waals surface area (Å²) in [7, 11) is 0. The Morgan fingerprint density at radius 3 is 1.77 bits per heavy atom. The number of ether oxygens (including phenoxy) is 2. The number of aliphatic imine (C=N–C) groups is 2. The van der Waals surface area contributed by atoms with Crippen molar-refractivity contribution in [3.8, 4) is 0 Å². The van der Waals surface area contributed by atoms with E-state index in [2.05, 4.69) is 9.98 Å². The molecule has 30 heavy (non-hydrogen) atoms. The van der Waals surface area contributed by atoms with Crippen molar-refractivity contribution in [1.82, 2.24) is 9.80 Å². The highest BCUT2D eigenvalue weighted by atomic mass is 16.6. The van der Waals surface area contributed by atoms with Crippen LogP contribution in [0.15, 0.2) is 21.5 Å². The molecule has 9 N–H and O–H groups in total. The van der Waals surface area contributed by atoms with Crippen LogP contribution in [-0.2, 0) is 9.47 Å². The molecule has 0 spiro atoms. The minimum absolute atomic E-state index is 0.0475. The number of rotatable bonds is 4. The third kappa shape index (κ3) is 3.17. The first-order valence-electron chi connectivity index (χ1n) is 9.36. The summed E-state index contributed by atoms with van der Waals surface area (Å²) in [5.41, 5.74) is 6.14. The van der Waals surface area contributed by atoms with Crippen molar-refractivity contribution in [2.24, 2.45) is 15.7 Å². The molecule has 4 rings (SSSR count). The van der Waals surface area contributed by atoms with Gasteiger partial charge in [-0.3, -0.25) is 0 Å². The van der Waals surface area contributed by atoms with Gasteiger partial charge in [0.2, 0.25) is 0 Å². The maximum absolute atomic E-state index is 10.5. The molecule has 14 heteroatoms. The fourth-order valence-corrected chi connectivity index (χ4v) is 4.02. The van der Waals surface area contributed by atoms with Crippen LogP contribution in [0, 0.1) is 0 Å². The minimum Gasteiger partial charge on any atom is -0.394 e. The van der Waals surface area contributed by atoms with Crippen LogP contribution in [0.2, 0.25) is 0 Å². The average molecular weight is 431 g/mol. The lowest BCUT2D eigenvalue weighted by Gasteiger charge is -2.48. The van der Waals surface area contributed by atoms with E-state index in [1.165, 1.54) is 22.5 Å². The molecule has 0 amide bonds. The summed E-state index contributed by atoms with van der Waals surface area (Å²) in [4.78, 5) is 10.9. The second kappa shape index (κ2) is 7.99. The Kier molecular flexibility index (Phi) is 5.69. The van der Waals surface area contributed by atoms with Crippen LogP contribution in [0.5, 0.6) is 0 Å². The fourth-order valence-electron chi connectivity index (χ4n) is 4.02. The van der Waals surface area contributed by atoms with Crippen LogP contribution in [0.3, 0.4) is 0 Å². The van der Waals surface area contributed by atoms with E-state index in [1.807, 2.05) is 0 Å². The molecule has 0 aliphatic carbocycles. The Morgan fingerprint density at radius 2 is 1.23 bits per heavy atom. The zero-order chi connectivity index (χ0) is 21.7. The second-order valence-corrected chi connectivity index (χ2v) is 7.48. The molecule has 4 aliphatic heterocycles. The summed E-state index contributed by atoms with van der Waals surface area (Å²) >= 11 is 0. The van der Waals surface area contributed by atoms with Crippen LogP contribution in [0.1, 0.15) is 0 Å². The third-order valence-electron chi connectivity index (χ3n) is 5.70. The van der Waals surface area contributed by atoms with Gasteiger partial charge in [-0.2, -0.15) is 0 Å². The normalized spacial score (nSPS) is 46.1. The number of nitrogens with two attached hydrogens (primary N) is 1. The van der Waals surface area contributed by atoms with Crippen LogP contribution < -0.4 is 5.73 Å². The minimum atomic E-state index is -1.62. The van der Waals surface area contributed by atoms with Crippen LogP contribution in [0.25, 0.3) is 0 Å². The van der Waals surface area contributed by atoms with Crippen molar-refractivity contribution in [1.29, 1.82) is 0 Å². The molecule has 2 unspecified atom stereocenters. The van der Waals surface area contributed by atoms with Gasteiger partial charge in [0.1, 0.15) is 48.4 Å². The van der Waals surface area contributed by atoms with Crippen LogP contribution in [-0.4, -0.2) is 133 Å². The molecule has 0 radical (unpaired) electrons. The van der Waals surface area contributed by atoms with Gasteiger partial charge in [0, 0.05) is 0 Å². The molecule has 0 saturated carbocycles. The smallest absolute Gasteiger partial charge is 0.162 e. The van der Waals surface area contributed by atoms with Gasteiger partial charge in [0.05, 0.1) is 25.9 Å². The first kappa shape index (κ1) is 21.4. The summed E-state index contributed by atoms with van der Waals surface area (Å²) in [5, 5.41) is 70.0. The Hall–Kier alpha value is -1.88. The molecule has 2 fully saturated rings. The molecule has 0 aromatic carbocycles. The van der Waals surface area contributed by atoms with Gasteiger partial charge in [-0.25, -0.2) is 9.98 Å². The zero-order valence-electron chi connectivity index (χ0n) is 15.7. The highest BCUT2D eigenvalue weighted by Gasteiger charge is 2.53. The second-order valence-electron chi connectivity index (χ2n) is 7.48. The first-order chi connectivity index (χ1) is 14.3. The summed E-state index contributed by atoms with van der Waals surface area (Å²) < 4.78 is 11.2. The molecule has 0 aromatic rings. The van der Waals surface area contributed by atoms with Gasteiger partial charge in [-0.15, -0.1) is 0 Å². The molecule has 14 nitrogen and oxygen atoms in total. The van der Waals surface area contributed by atoms with Crippen molar-refractivity contribution in [2.75, 3.05) is 13.2 Å². The van der Waals surface area contributed by atoms with Crippen molar-refractivity contribution >= 4 is 12.7 Å². The Balaban J connectivity index is 1.65. The predicted octanol–water partition coefficient (Wildman–Crippen LogP) is -5.63. The number of aliphatic hydroxyl groups excluding tert-OH is 7. The molecule has 168 valence electrons. The fraction of sp³-hybridized carbons (Fsp3) is 0.750. The van der Waals surface area contributed by atoms with Crippen molar-refractivity contribution in [2.45, 2.75) is 61.3 Å². The monoisotopic (exact) mass is 431 g/mol. The number of nitrogens with zero attached hydrogens (tertiary/aromatic N) is 4. The van der Waals surface area contributed by atoms with E-state index < -0.39 is 74.6 Å².